The lowest BCUT2D eigenvalue weighted by atomic mass is 10.2. The van der Waals surface area contributed by atoms with Gasteiger partial charge in [0.2, 0.25) is 0 Å². The fourth-order valence-electron chi connectivity index (χ4n) is 2.11. The van der Waals surface area contributed by atoms with Gasteiger partial charge in [0.25, 0.3) is 5.91 Å². The summed E-state index contributed by atoms with van der Waals surface area (Å²) in [6.45, 7) is 9.53. The number of rotatable bonds is 8. The molecule has 0 bridgehead atoms. The summed E-state index contributed by atoms with van der Waals surface area (Å²) in [7, 11) is 2.06. The number of hydrogen-bond donors (Lipinski definition) is 3. The van der Waals surface area contributed by atoms with Crippen LogP contribution in [0.1, 0.15) is 44.5 Å². The molecule has 0 fully saturated rings. The van der Waals surface area contributed by atoms with E-state index in [1.165, 1.54) is 0 Å². The van der Waals surface area contributed by atoms with E-state index in [2.05, 4.69) is 41.7 Å². The van der Waals surface area contributed by atoms with Crippen LogP contribution in [0.5, 0.6) is 0 Å². The standard InChI is InChI=1S/C18H30N4O2/c1-6-14(4)22(5)12-11-19-17(23)15-7-9-16(10-8-15)21-18(24)20-13(2)3/h7-10,13-14H,6,11-12H2,1-5H3,(H,19,23)(H2,20,21,24). The number of carbonyl (C=O) groups excluding carboxylic acids is 2. The number of carbonyl (C=O) groups is 2. The quantitative estimate of drug-likeness (QED) is 0.684. The van der Waals surface area contributed by atoms with Crippen molar-refractivity contribution in [3.05, 3.63) is 29.8 Å². The second-order valence-electron chi connectivity index (χ2n) is 6.32. The zero-order valence-corrected chi connectivity index (χ0v) is 15.3. The van der Waals surface area contributed by atoms with Crippen molar-refractivity contribution in [2.45, 2.75) is 46.2 Å². The van der Waals surface area contributed by atoms with Crippen LogP contribution in [0.2, 0.25) is 0 Å². The molecule has 1 aromatic carbocycles. The van der Waals surface area contributed by atoms with E-state index in [0.29, 0.717) is 23.8 Å². The van der Waals surface area contributed by atoms with Gasteiger partial charge in [-0.25, -0.2) is 4.79 Å². The first-order valence-electron chi connectivity index (χ1n) is 8.49. The highest BCUT2D eigenvalue weighted by atomic mass is 16.2. The normalized spacial score (nSPS) is 12.1. The molecule has 0 aliphatic carbocycles. The number of hydrogen-bond acceptors (Lipinski definition) is 3. The van der Waals surface area contributed by atoms with Gasteiger partial charge in [0.1, 0.15) is 0 Å². The zero-order chi connectivity index (χ0) is 18.1. The smallest absolute Gasteiger partial charge is 0.319 e. The molecule has 0 aliphatic rings. The number of anilines is 1. The fourth-order valence-corrected chi connectivity index (χ4v) is 2.11. The summed E-state index contributed by atoms with van der Waals surface area (Å²) < 4.78 is 0. The van der Waals surface area contributed by atoms with E-state index < -0.39 is 0 Å². The summed E-state index contributed by atoms with van der Waals surface area (Å²) in [6, 6.07) is 7.18. The van der Waals surface area contributed by atoms with Gasteiger partial charge in [-0.05, 0) is 58.5 Å². The second-order valence-corrected chi connectivity index (χ2v) is 6.32. The van der Waals surface area contributed by atoms with Crippen molar-refractivity contribution in [2.24, 2.45) is 0 Å². The first-order valence-corrected chi connectivity index (χ1v) is 8.49. The summed E-state index contributed by atoms with van der Waals surface area (Å²) in [6.07, 6.45) is 1.09. The Bertz CT molecular complexity index is 528. The van der Waals surface area contributed by atoms with Crippen LogP contribution in [-0.2, 0) is 0 Å². The van der Waals surface area contributed by atoms with E-state index in [4.69, 9.17) is 0 Å². The van der Waals surface area contributed by atoms with Gasteiger partial charge >= 0.3 is 6.03 Å². The molecular formula is C18H30N4O2. The van der Waals surface area contributed by atoms with Crippen molar-refractivity contribution in [1.82, 2.24) is 15.5 Å². The molecule has 24 heavy (non-hydrogen) atoms. The number of urea groups is 1. The highest BCUT2D eigenvalue weighted by Gasteiger charge is 2.09. The largest absolute Gasteiger partial charge is 0.351 e. The Morgan fingerprint density at radius 3 is 2.29 bits per heavy atom. The van der Waals surface area contributed by atoms with Crippen molar-refractivity contribution in [3.8, 4) is 0 Å². The monoisotopic (exact) mass is 334 g/mol. The average molecular weight is 334 g/mol. The van der Waals surface area contributed by atoms with Gasteiger partial charge < -0.3 is 20.9 Å². The third-order valence-electron chi connectivity index (χ3n) is 3.92. The van der Waals surface area contributed by atoms with Gasteiger partial charge in [-0.2, -0.15) is 0 Å². The van der Waals surface area contributed by atoms with Crippen LogP contribution in [0.3, 0.4) is 0 Å². The van der Waals surface area contributed by atoms with Crippen molar-refractivity contribution in [2.75, 3.05) is 25.5 Å². The van der Waals surface area contributed by atoms with Crippen LogP contribution in [0.25, 0.3) is 0 Å². The molecule has 3 amide bonds. The molecule has 0 aliphatic heterocycles. The molecule has 3 N–H and O–H groups in total. The minimum Gasteiger partial charge on any atom is -0.351 e. The maximum Gasteiger partial charge on any atom is 0.319 e. The van der Waals surface area contributed by atoms with Crippen molar-refractivity contribution < 1.29 is 9.59 Å². The zero-order valence-electron chi connectivity index (χ0n) is 15.3. The molecule has 0 saturated carbocycles. The Hall–Kier alpha value is -2.08. The molecule has 6 heteroatoms. The molecule has 6 nitrogen and oxygen atoms in total. The molecule has 1 rings (SSSR count). The molecule has 0 heterocycles. The Kier molecular flexibility index (Phi) is 8.26. The van der Waals surface area contributed by atoms with E-state index in [1.54, 1.807) is 24.3 Å². The molecular weight excluding hydrogens is 304 g/mol. The number of nitrogens with one attached hydrogen (secondary N) is 3. The Morgan fingerprint density at radius 1 is 1.12 bits per heavy atom. The summed E-state index contributed by atoms with van der Waals surface area (Å²) in [4.78, 5) is 26.0. The molecule has 1 aromatic rings. The van der Waals surface area contributed by atoms with Crippen LogP contribution in [0, 0.1) is 0 Å². The fraction of sp³-hybridized carbons (Fsp3) is 0.556. The Balaban J connectivity index is 2.45. The second kappa shape index (κ2) is 9.93. The number of nitrogens with zero attached hydrogens (tertiary/aromatic N) is 1. The van der Waals surface area contributed by atoms with Crippen LogP contribution in [0.4, 0.5) is 10.5 Å². The van der Waals surface area contributed by atoms with Crippen LogP contribution >= 0.6 is 0 Å². The molecule has 1 unspecified atom stereocenters. The lowest BCUT2D eigenvalue weighted by molar-refractivity contribution is 0.0947. The predicted molar refractivity (Wildman–Crippen MR) is 98.4 cm³/mol. The molecule has 0 saturated heterocycles. The van der Waals surface area contributed by atoms with Crippen LogP contribution in [-0.4, -0.2) is 49.1 Å². The molecule has 1 atom stereocenters. The van der Waals surface area contributed by atoms with E-state index in [1.807, 2.05) is 13.8 Å². The van der Waals surface area contributed by atoms with Gasteiger partial charge in [-0.3, -0.25) is 4.79 Å². The summed E-state index contributed by atoms with van der Waals surface area (Å²) in [5.41, 5.74) is 1.23. The van der Waals surface area contributed by atoms with Gasteiger partial charge in [-0.1, -0.05) is 6.92 Å². The van der Waals surface area contributed by atoms with E-state index in [9.17, 15) is 9.59 Å². The third-order valence-corrected chi connectivity index (χ3v) is 3.92. The minimum absolute atomic E-state index is 0.0728. The lowest BCUT2D eigenvalue weighted by Gasteiger charge is -2.23. The van der Waals surface area contributed by atoms with Crippen molar-refractivity contribution in [1.29, 1.82) is 0 Å². The summed E-state index contributed by atoms with van der Waals surface area (Å²) in [5, 5.41) is 8.39. The maximum atomic E-state index is 12.1. The summed E-state index contributed by atoms with van der Waals surface area (Å²) >= 11 is 0. The minimum atomic E-state index is -0.254. The topological polar surface area (TPSA) is 73.5 Å². The van der Waals surface area contributed by atoms with Crippen molar-refractivity contribution >= 4 is 17.6 Å². The van der Waals surface area contributed by atoms with Crippen LogP contribution in [0.15, 0.2) is 24.3 Å². The Labute approximate surface area is 145 Å². The molecule has 0 radical (unpaired) electrons. The van der Waals surface area contributed by atoms with E-state index in [0.717, 1.165) is 13.0 Å². The maximum absolute atomic E-state index is 12.1. The third kappa shape index (κ3) is 7.00. The van der Waals surface area contributed by atoms with Gasteiger partial charge in [-0.15, -0.1) is 0 Å². The molecule has 134 valence electrons. The van der Waals surface area contributed by atoms with Gasteiger partial charge in [0.15, 0.2) is 0 Å². The van der Waals surface area contributed by atoms with Gasteiger partial charge in [0, 0.05) is 36.4 Å². The summed E-state index contributed by atoms with van der Waals surface area (Å²) in [5.74, 6) is -0.106. The molecule has 0 spiro atoms. The number of amides is 3. The average Bonchev–Trinajstić information content (AvgIpc) is 2.53. The van der Waals surface area contributed by atoms with Crippen molar-refractivity contribution in [3.63, 3.8) is 0 Å². The van der Waals surface area contributed by atoms with E-state index >= 15 is 0 Å². The van der Waals surface area contributed by atoms with Crippen LogP contribution < -0.4 is 16.0 Å². The predicted octanol–water partition coefficient (Wildman–Crippen LogP) is 2.68. The van der Waals surface area contributed by atoms with Gasteiger partial charge in [0.05, 0.1) is 0 Å². The number of likely N-dealkylation sites (N-methyl/N-ethyl adjacent to an activating group) is 1. The number of benzene rings is 1. The highest BCUT2D eigenvalue weighted by Crippen LogP contribution is 2.09. The SMILES string of the molecule is CCC(C)N(C)CCNC(=O)c1ccc(NC(=O)NC(C)C)cc1. The Morgan fingerprint density at radius 2 is 1.75 bits per heavy atom. The van der Waals surface area contributed by atoms with E-state index in [-0.39, 0.29) is 18.0 Å². The highest BCUT2D eigenvalue weighted by molar-refractivity contribution is 5.95. The first kappa shape index (κ1) is 20.0. The first-order chi connectivity index (χ1) is 11.3. The lowest BCUT2D eigenvalue weighted by Crippen LogP contribution is -2.37. The molecule has 0 aromatic heterocycles.